The summed E-state index contributed by atoms with van der Waals surface area (Å²) in [6.07, 6.45) is 3.22. The van der Waals surface area contributed by atoms with E-state index >= 15 is 0 Å². The number of ether oxygens (including phenoxy) is 3. The molecule has 2 aliphatic rings. The average Bonchev–Trinajstić information content (AvgIpc) is 2.55. The van der Waals surface area contributed by atoms with Crippen LogP contribution in [0.4, 0.5) is 5.82 Å². The third-order valence-electron chi connectivity index (χ3n) is 3.69. The summed E-state index contributed by atoms with van der Waals surface area (Å²) in [6, 6.07) is 3.63. The number of aromatic nitrogens is 2. The van der Waals surface area contributed by atoms with Crippen LogP contribution >= 0.6 is 11.6 Å². The second kappa shape index (κ2) is 7.35. The molecule has 2 atom stereocenters. The molecular formula is C14H20ClN3O3. The summed E-state index contributed by atoms with van der Waals surface area (Å²) in [5, 5.41) is 8.39. The lowest BCUT2D eigenvalue weighted by Gasteiger charge is -2.34. The molecule has 0 aromatic carbocycles. The Balaban J connectivity index is 1.49. The van der Waals surface area contributed by atoms with Crippen molar-refractivity contribution in [2.75, 3.05) is 37.8 Å². The highest BCUT2D eigenvalue weighted by molar-refractivity contribution is 6.29. The van der Waals surface area contributed by atoms with Crippen LogP contribution in [0, 0.1) is 0 Å². The van der Waals surface area contributed by atoms with E-state index < -0.39 is 0 Å². The number of hydrogen-bond donors (Lipinski definition) is 0. The molecule has 6 nitrogen and oxygen atoms in total. The molecule has 2 saturated heterocycles. The molecule has 1 aromatic heterocycles. The van der Waals surface area contributed by atoms with Gasteiger partial charge in [0.15, 0.2) is 17.3 Å². The van der Waals surface area contributed by atoms with Gasteiger partial charge in [0.25, 0.3) is 0 Å². The maximum absolute atomic E-state index is 5.79. The first-order valence-corrected chi connectivity index (χ1v) is 7.78. The highest BCUT2D eigenvalue weighted by Gasteiger charge is 2.24. The van der Waals surface area contributed by atoms with E-state index in [1.165, 1.54) is 6.42 Å². The monoisotopic (exact) mass is 313 g/mol. The summed E-state index contributed by atoms with van der Waals surface area (Å²) in [6.45, 7) is 3.53. The van der Waals surface area contributed by atoms with Crippen molar-refractivity contribution in [1.82, 2.24) is 10.2 Å². The maximum Gasteiger partial charge on any atom is 0.157 e. The molecule has 0 saturated carbocycles. The quantitative estimate of drug-likeness (QED) is 0.846. The maximum atomic E-state index is 5.79. The van der Waals surface area contributed by atoms with Crippen LogP contribution in [0.15, 0.2) is 12.1 Å². The largest absolute Gasteiger partial charge is 0.372 e. The minimum absolute atomic E-state index is 0.0294. The number of anilines is 1. The minimum atomic E-state index is -0.0759. The van der Waals surface area contributed by atoms with Gasteiger partial charge in [-0.05, 0) is 31.4 Å². The zero-order valence-corrected chi connectivity index (χ0v) is 12.7. The third kappa shape index (κ3) is 4.26. The fraction of sp³-hybridized carbons (Fsp3) is 0.714. The Kier molecular flexibility index (Phi) is 5.24. The molecule has 3 heterocycles. The number of morpholine rings is 1. The summed E-state index contributed by atoms with van der Waals surface area (Å²) < 4.78 is 17.1. The van der Waals surface area contributed by atoms with Gasteiger partial charge in [-0.3, -0.25) is 0 Å². The van der Waals surface area contributed by atoms with E-state index in [4.69, 9.17) is 25.8 Å². The standard InChI is InChI=1S/C14H20ClN3O3/c15-12-4-5-13(17-16-12)18-6-8-19-11(9-18)10-21-14-3-1-2-7-20-14/h4-5,11,14H,1-3,6-10H2/t11-,14?/m0/s1. The van der Waals surface area contributed by atoms with Gasteiger partial charge in [0.05, 0.1) is 19.3 Å². The molecule has 2 fully saturated rings. The van der Waals surface area contributed by atoms with Gasteiger partial charge in [-0.2, -0.15) is 0 Å². The Morgan fingerprint density at radius 1 is 1.24 bits per heavy atom. The van der Waals surface area contributed by atoms with Gasteiger partial charge < -0.3 is 19.1 Å². The molecule has 0 spiro atoms. The molecule has 0 bridgehead atoms. The number of hydrogen-bond acceptors (Lipinski definition) is 6. The lowest BCUT2D eigenvalue weighted by molar-refractivity contribution is -0.180. The van der Waals surface area contributed by atoms with E-state index in [2.05, 4.69) is 15.1 Å². The van der Waals surface area contributed by atoms with Gasteiger partial charge in [0, 0.05) is 19.7 Å². The first-order valence-electron chi connectivity index (χ1n) is 7.40. The molecule has 3 rings (SSSR count). The van der Waals surface area contributed by atoms with Crippen molar-refractivity contribution in [2.45, 2.75) is 31.7 Å². The topological polar surface area (TPSA) is 56.7 Å². The lowest BCUT2D eigenvalue weighted by Crippen LogP contribution is -2.45. The fourth-order valence-corrected chi connectivity index (χ4v) is 2.66. The molecule has 0 amide bonds. The van der Waals surface area contributed by atoms with Crippen molar-refractivity contribution >= 4 is 17.4 Å². The summed E-state index contributed by atoms with van der Waals surface area (Å²) in [5.74, 6) is 0.821. The third-order valence-corrected chi connectivity index (χ3v) is 3.89. The van der Waals surface area contributed by atoms with Gasteiger partial charge in [0.2, 0.25) is 0 Å². The molecule has 0 N–H and O–H groups in total. The summed E-state index contributed by atoms with van der Waals surface area (Å²) in [5.41, 5.74) is 0. The highest BCUT2D eigenvalue weighted by atomic mass is 35.5. The van der Waals surface area contributed by atoms with E-state index in [1.807, 2.05) is 6.07 Å². The van der Waals surface area contributed by atoms with Gasteiger partial charge in [0.1, 0.15) is 0 Å². The van der Waals surface area contributed by atoms with Crippen molar-refractivity contribution in [1.29, 1.82) is 0 Å². The van der Waals surface area contributed by atoms with Gasteiger partial charge in [-0.25, -0.2) is 0 Å². The molecular weight excluding hydrogens is 294 g/mol. The number of nitrogens with zero attached hydrogens (tertiary/aromatic N) is 3. The second-order valence-corrected chi connectivity index (χ2v) is 5.67. The smallest absolute Gasteiger partial charge is 0.157 e. The Hall–Kier alpha value is -0.950. The van der Waals surface area contributed by atoms with E-state index in [9.17, 15) is 0 Å². The second-order valence-electron chi connectivity index (χ2n) is 5.28. The van der Waals surface area contributed by atoms with Crippen LogP contribution in [0.25, 0.3) is 0 Å². The van der Waals surface area contributed by atoms with Gasteiger partial charge in [-0.15, -0.1) is 10.2 Å². The SMILES string of the molecule is Clc1ccc(N2CCO[C@H](COC3CCCCO3)C2)nn1. The molecule has 0 aliphatic carbocycles. The first kappa shape index (κ1) is 15.0. The molecule has 1 aromatic rings. The van der Waals surface area contributed by atoms with E-state index in [1.54, 1.807) is 6.07 Å². The zero-order valence-electron chi connectivity index (χ0n) is 11.9. The summed E-state index contributed by atoms with van der Waals surface area (Å²) in [4.78, 5) is 2.14. The minimum Gasteiger partial charge on any atom is -0.372 e. The Bertz CT molecular complexity index is 440. The Labute approximate surface area is 129 Å². The molecule has 2 aliphatic heterocycles. The predicted octanol–water partition coefficient (Wildman–Crippen LogP) is 1.88. The molecule has 7 heteroatoms. The average molecular weight is 314 g/mol. The molecule has 21 heavy (non-hydrogen) atoms. The van der Waals surface area contributed by atoms with Gasteiger partial charge in [-0.1, -0.05) is 11.6 Å². The first-order chi connectivity index (χ1) is 10.3. The van der Waals surface area contributed by atoms with E-state index in [0.29, 0.717) is 18.4 Å². The van der Waals surface area contributed by atoms with Crippen molar-refractivity contribution in [3.63, 3.8) is 0 Å². The Morgan fingerprint density at radius 3 is 2.95 bits per heavy atom. The van der Waals surface area contributed by atoms with Crippen LogP contribution in [0.5, 0.6) is 0 Å². The molecule has 116 valence electrons. The summed E-state index contributed by atoms with van der Waals surface area (Å²) in [7, 11) is 0. The van der Waals surface area contributed by atoms with Crippen LogP contribution in [-0.4, -0.2) is 55.5 Å². The van der Waals surface area contributed by atoms with Crippen LogP contribution in [0.3, 0.4) is 0 Å². The fourth-order valence-electron chi connectivity index (χ4n) is 2.56. The van der Waals surface area contributed by atoms with Crippen LogP contribution < -0.4 is 4.90 Å². The van der Waals surface area contributed by atoms with Crippen molar-refractivity contribution in [2.24, 2.45) is 0 Å². The van der Waals surface area contributed by atoms with Crippen molar-refractivity contribution in [3.05, 3.63) is 17.3 Å². The Morgan fingerprint density at radius 2 is 2.19 bits per heavy atom. The van der Waals surface area contributed by atoms with Crippen LogP contribution in [-0.2, 0) is 14.2 Å². The lowest BCUT2D eigenvalue weighted by atomic mass is 10.2. The van der Waals surface area contributed by atoms with Crippen LogP contribution in [0.1, 0.15) is 19.3 Å². The molecule has 1 unspecified atom stereocenters. The van der Waals surface area contributed by atoms with E-state index in [0.717, 1.165) is 38.4 Å². The number of rotatable bonds is 4. The zero-order chi connectivity index (χ0) is 14.5. The molecule has 0 radical (unpaired) electrons. The number of halogens is 1. The summed E-state index contributed by atoms with van der Waals surface area (Å²) >= 11 is 5.76. The highest BCUT2D eigenvalue weighted by Crippen LogP contribution is 2.18. The van der Waals surface area contributed by atoms with Gasteiger partial charge >= 0.3 is 0 Å². The van der Waals surface area contributed by atoms with Crippen LogP contribution in [0.2, 0.25) is 5.15 Å². The van der Waals surface area contributed by atoms with Crippen molar-refractivity contribution in [3.8, 4) is 0 Å². The van der Waals surface area contributed by atoms with Crippen molar-refractivity contribution < 1.29 is 14.2 Å². The van der Waals surface area contributed by atoms with E-state index in [-0.39, 0.29) is 12.4 Å². The normalized spacial score (nSPS) is 26.8. The predicted molar refractivity (Wildman–Crippen MR) is 78.5 cm³/mol.